The van der Waals surface area contributed by atoms with Gasteiger partial charge in [0.25, 0.3) is 0 Å². The lowest BCUT2D eigenvalue weighted by atomic mass is 9.57. The lowest BCUT2D eigenvalue weighted by Gasteiger charge is -2.50. The van der Waals surface area contributed by atoms with Gasteiger partial charge < -0.3 is 14.8 Å². The van der Waals surface area contributed by atoms with Gasteiger partial charge in [0, 0.05) is 38.1 Å². The van der Waals surface area contributed by atoms with Crippen molar-refractivity contribution in [2.45, 2.75) is 109 Å². The van der Waals surface area contributed by atoms with Crippen LogP contribution in [0.5, 0.6) is 5.75 Å². The highest BCUT2D eigenvalue weighted by Gasteiger charge is 2.45. The molecule has 0 radical (unpaired) electrons. The molecule has 3 aliphatic carbocycles. The average molecular weight is 872 g/mol. The molecule has 7 rings (SSSR count). The Morgan fingerprint density at radius 1 is 0.839 bits per heavy atom. The number of hydrogen-bond donors (Lipinski definition) is 1. The van der Waals surface area contributed by atoms with Crippen molar-refractivity contribution in [2.75, 3.05) is 32.8 Å². The number of carbonyl (C=O) groups excluding carboxylic acids is 1. The van der Waals surface area contributed by atoms with E-state index in [4.69, 9.17) is 21.1 Å². The molecule has 7 atom stereocenters. The van der Waals surface area contributed by atoms with E-state index >= 15 is 0 Å². The quantitative estimate of drug-likeness (QED) is 0.0751. The largest absolute Gasteiger partial charge is 0.494 e. The number of ether oxygens (including phenoxy) is 2. The Morgan fingerprint density at radius 3 is 2.26 bits per heavy atom. The van der Waals surface area contributed by atoms with E-state index in [2.05, 4.69) is 48.3 Å². The first kappa shape index (κ1) is 46.2. The molecule has 4 aromatic rings. The molecule has 0 bridgehead atoms. The topological polar surface area (TPSA) is 50.8 Å². The minimum absolute atomic E-state index is 0.0151. The normalized spacial score (nSPS) is 24.0. The van der Waals surface area contributed by atoms with Crippen LogP contribution in [0.3, 0.4) is 0 Å². The minimum Gasteiger partial charge on any atom is -0.494 e. The van der Waals surface area contributed by atoms with E-state index in [1.165, 1.54) is 63.9 Å². The van der Waals surface area contributed by atoms with E-state index in [1.807, 2.05) is 60.7 Å². The smallest absolute Gasteiger partial charge is 0.417 e. The highest BCUT2D eigenvalue weighted by Crippen LogP contribution is 2.53. The average Bonchev–Trinajstić information content (AvgIpc) is 3.71. The fraction of sp³-hybridized carbons (Fsp3) is 0.528. The number of carbonyl (C=O) groups is 1. The molecule has 7 unspecified atom stereocenters. The minimum atomic E-state index is -4.55. The van der Waals surface area contributed by atoms with Gasteiger partial charge in [-0.3, -0.25) is 9.69 Å². The number of alkyl halides is 3. The van der Waals surface area contributed by atoms with Crippen LogP contribution in [0.25, 0.3) is 0 Å². The number of nitrogens with zero attached hydrogens (tertiary/aromatic N) is 1. The molecule has 334 valence electrons. The number of benzene rings is 4. The predicted molar refractivity (Wildman–Crippen MR) is 243 cm³/mol. The number of nitrogens with one attached hydrogen (secondary N) is 1. The summed E-state index contributed by atoms with van der Waals surface area (Å²) >= 11 is 6.41. The molecule has 9 heteroatoms. The summed E-state index contributed by atoms with van der Waals surface area (Å²) in [6.07, 6.45) is 8.45. The first-order valence-electron chi connectivity index (χ1n) is 23.3. The van der Waals surface area contributed by atoms with Crippen LogP contribution in [0.1, 0.15) is 112 Å². The molecule has 5 nitrogen and oxygen atoms in total. The summed E-state index contributed by atoms with van der Waals surface area (Å²) in [4.78, 5) is 15.1. The SMILES string of the molecule is CCC1C2CCC(NCCOC(=O)Cc3cccc(OCCCN(Cc4cccc(C(F)(F)F)c4Cl)CC(c4ccccc4)c4ccccc4)c3)CC2CCC1C1CCCC1C. The molecule has 62 heavy (non-hydrogen) atoms. The summed E-state index contributed by atoms with van der Waals surface area (Å²) in [5.41, 5.74) is 2.66. The van der Waals surface area contributed by atoms with Gasteiger partial charge in [0.1, 0.15) is 12.4 Å². The van der Waals surface area contributed by atoms with Crippen LogP contribution in [-0.4, -0.2) is 49.8 Å². The molecule has 3 fully saturated rings. The van der Waals surface area contributed by atoms with Crippen LogP contribution in [-0.2, 0) is 28.7 Å². The number of fused-ring (bicyclic) bond motifs is 1. The summed E-state index contributed by atoms with van der Waals surface area (Å²) in [5, 5.41) is 3.46. The van der Waals surface area contributed by atoms with Crippen molar-refractivity contribution in [3.63, 3.8) is 0 Å². The van der Waals surface area contributed by atoms with Gasteiger partial charge in [-0.2, -0.15) is 13.2 Å². The van der Waals surface area contributed by atoms with Gasteiger partial charge in [0.2, 0.25) is 0 Å². The number of esters is 1. The monoisotopic (exact) mass is 870 g/mol. The van der Waals surface area contributed by atoms with Crippen LogP contribution in [0.2, 0.25) is 5.02 Å². The Kier molecular flexibility index (Phi) is 16.5. The van der Waals surface area contributed by atoms with Crippen LogP contribution in [0.15, 0.2) is 103 Å². The van der Waals surface area contributed by atoms with Crippen molar-refractivity contribution in [1.29, 1.82) is 0 Å². The van der Waals surface area contributed by atoms with Crippen molar-refractivity contribution >= 4 is 17.6 Å². The molecule has 3 aliphatic rings. The summed E-state index contributed by atoms with van der Waals surface area (Å²) in [6, 6.07) is 32.5. The van der Waals surface area contributed by atoms with Gasteiger partial charge in [0.15, 0.2) is 0 Å². The maximum absolute atomic E-state index is 13.8. The second-order valence-electron chi connectivity index (χ2n) is 18.4. The second-order valence-corrected chi connectivity index (χ2v) is 18.8. The fourth-order valence-corrected chi connectivity index (χ4v) is 11.8. The van der Waals surface area contributed by atoms with Crippen molar-refractivity contribution in [3.05, 3.63) is 136 Å². The molecular formula is C53H66ClF3N2O3. The number of rotatable bonds is 19. The van der Waals surface area contributed by atoms with Gasteiger partial charge in [-0.05, 0) is 121 Å². The number of halogens is 4. The molecule has 0 aromatic heterocycles. The standard InChI is InChI=1S/C53H66ClF3N2O3/c1-3-45-47-27-25-43(34-41(47)24-26-48(45)46-22-10-14-37(46)2)58-28-31-62-51(60)33-38-15-11-21-44(32-38)61-30-13-29-59(35-42-20-12-23-50(52(42)54)53(55,56)57)36-49(39-16-6-4-7-17-39)40-18-8-5-9-19-40/h4-9,11-12,15-21,23,32,37,41,43,45-49,58H,3,10,13-14,22,24-31,33-36H2,1-2H3. The van der Waals surface area contributed by atoms with Crippen LogP contribution in [0, 0.1) is 35.5 Å². The lowest BCUT2D eigenvalue weighted by molar-refractivity contribution is -0.142. The highest BCUT2D eigenvalue weighted by atomic mass is 35.5. The molecular weight excluding hydrogens is 805 g/mol. The fourth-order valence-electron chi connectivity index (χ4n) is 11.6. The van der Waals surface area contributed by atoms with Gasteiger partial charge in [-0.1, -0.05) is 130 Å². The molecule has 0 saturated heterocycles. The Morgan fingerprint density at radius 2 is 1.56 bits per heavy atom. The Bertz CT molecular complexity index is 1960. The van der Waals surface area contributed by atoms with E-state index in [9.17, 15) is 18.0 Å². The Balaban J connectivity index is 0.878. The molecule has 4 aromatic carbocycles. The Labute approximate surface area is 373 Å². The van der Waals surface area contributed by atoms with Gasteiger partial charge in [-0.25, -0.2) is 0 Å². The molecule has 3 saturated carbocycles. The summed E-state index contributed by atoms with van der Waals surface area (Å²) in [6.45, 7) is 7.71. The third-order valence-corrected chi connectivity index (χ3v) is 15.0. The molecule has 1 N–H and O–H groups in total. The van der Waals surface area contributed by atoms with Gasteiger partial charge in [-0.15, -0.1) is 0 Å². The third kappa shape index (κ3) is 12.2. The molecule has 0 spiro atoms. The van der Waals surface area contributed by atoms with Crippen molar-refractivity contribution in [2.24, 2.45) is 35.5 Å². The Hall–Kier alpha value is -3.85. The molecule has 0 amide bonds. The van der Waals surface area contributed by atoms with Gasteiger partial charge >= 0.3 is 12.1 Å². The summed E-state index contributed by atoms with van der Waals surface area (Å²) < 4.78 is 53.3. The first-order valence-corrected chi connectivity index (χ1v) is 23.7. The van der Waals surface area contributed by atoms with E-state index in [0.29, 0.717) is 56.6 Å². The predicted octanol–water partition coefficient (Wildman–Crippen LogP) is 12.8. The van der Waals surface area contributed by atoms with Crippen LogP contribution >= 0.6 is 11.6 Å². The van der Waals surface area contributed by atoms with Crippen molar-refractivity contribution < 1.29 is 27.4 Å². The van der Waals surface area contributed by atoms with E-state index < -0.39 is 11.7 Å². The summed E-state index contributed by atoms with van der Waals surface area (Å²) in [7, 11) is 0. The van der Waals surface area contributed by atoms with Crippen molar-refractivity contribution in [3.8, 4) is 5.75 Å². The summed E-state index contributed by atoms with van der Waals surface area (Å²) in [5.74, 6) is 5.77. The van der Waals surface area contributed by atoms with E-state index in [1.54, 1.807) is 6.07 Å². The van der Waals surface area contributed by atoms with E-state index in [-0.39, 0.29) is 29.9 Å². The maximum atomic E-state index is 13.8. The highest BCUT2D eigenvalue weighted by molar-refractivity contribution is 6.32. The molecule has 0 heterocycles. The third-order valence-electron chi connectivity index (χ3n) is 14.5. The second kappa shape index (κ2) is 22.2. The zero-order chi connectivity index (χ0) is 43.5. The first-order chi connectivity index (χ1) is 30.1. The lowest BCUT2D eigenvalue weighted by Crippen LogP contribution is -2.46. The number of hydrogen-bond acceptors (Lipinski definition) is 5. The van der Waals surface area contributed by atoms with Crippen molar-refractivity contribution in [1.82, 2.24) is 10.2 Å². The van der Waals surface area contributed by atoms with Gasteiger partial charge in [0.05, 0.1) is 23.6 Å². The zero-order valence-electron chi connectivity index (χ0n) is 36.6. The zero-order valence-corrected chi connectivity index (χ0v) is 37.4. The maximum Gasteiger partial charge on any atom is 0.417 e. The van der Waals surface area contributed by atoms with E-state index in [0.717, 1.165) is 58.3 Å². The molecule has 0 aliphatic heterocycles. The van der Waals surface area contributed by atoms with Crippen LogP contribution in [0.4, 0.5) is 13.2 Å². The van der Waals surface area contributed by atoms with Crippen LogP contribution < -0.4 is 10.1 Å².